The van der Waals surface area contributed by atoms with Gasteiger partial charge in [0, 0.05) is 29.7 Å². The maximum atomic E-state index is 13.5. The first kappa shape index (κ1) is 14.1. The molecule has 1 aromatic heterocycles. The third-order valence-corrected chi connectivity index (χ3v) is 4.68. The van der Waals surface area contributed by atoms with E-state index in [1.807, 2.05) is 18.9 Å². The normalized spacial score (nSPS) is 15.8. The Labute approximate surface area is 124 Å². The number of likely N-dealkylation sites (N-methyl/N-ethyl adjacent to an activating group) is 1. The van der Waals surface area contributed by atoms with Gasteiger partial charge in [0.2, 0.25) is 5.91 Å². The maximum absolute atomic E-state index is 13.5. The first-order chi connectivity index (χ1) is 10.1. The molecule has 21 heavy (non-hydrogen) atoms. The maximum Gasteiger partial charge on any atom is 0.227 e. The number of aromatic amines is 1. The lowest BCUT2D eigenvalue weighted by Crippen LogP contribution is -2.36. The third kappa shape index (κ3) is 2.67. The second-order valence-electron chi connectivity index (χ2n) is 6.04. The molecule has 112 valence electrons. The molecule has 0 spiro atoms. The van der Waals surface area contributed by atoms with Crippen molar-refractivity contribution in [3.8, 4) is 0 Å². The van der Waals surface area contributed by atoms with Crippen LogP contribution in [0.2, 0.25) is 0 Å². The van der Waals surface area contributed by atoms with Crippen LogP contribution >= 0.6 is 0 Å². The smallest absolute Gasteiger partial charge is 0.227 e. The summed E-state index contributed by atoms with van der Waals surface area (Å²) in [7, 11) is 1.89. The number of aromatic nitrogens is 1. The molecule has 1 aromatic carbocycles. The molecule has 2 aromatic rings. The van der Waals surface area contributed by atoms with E-state index in [9.17, 15) is 9.18 Å². The van der Waals surface area contributed by atoms with Gasteiger partial charge in [0.05, 0.1) is 6.42 Å². The fourth-order valence-corrected chi connectivity index (χ4v) is 3.35. The van der Waals surface area contributed by atoms with Gasteiger partial charge in [-0.15, -0.1) is 0 Å². The van der Waals surface area contributed by atoms with Crippen molar-refractivity contribution in [2.24, 2.45) is 0 Å². The van der Waals surface area contributed by atoms with Gasteiger partial charge < -0.3 is 9.88 Å². The number of halogens is 1. The summed E-state index contributed by atoms with van der Waals surface area (Å²) in [6.07, 6.45) is 4.95. The molecule has 1 heterocycles. The Morgan fingerprint density at radius 2 is 2.10 bits per heavy atom. The fraction of sp³-hybridized carbons (Fsp3) is 0.471. The molecule has 1 aliphatic carbocycles. The zero-order valence-electron chi connectivity index (χ0n) is 12.6. The quantitative estimate of drug-likeness (QED) is 0.921. The van der Waals surface area contributed by atoms with Gasteiger partial charge >= 0.3 is 0 Å². The summed E-state index contributed by atoms with van der Waals surface area (Å²) in [6.45, 7) is 1.94. The van der Waals surface area contributed by atoms with Crippen molar-refractivity contribution in [3.63, 3.8) is 0 Å². The number of fused-ring (bicyclic) bond motifs is 1. The van der Waals surface area contributed by atoms with Crippen LogP contribution in [-0.4, -0.2) is 28.9 Å². The van der Waals surface area contributed by atoms with Gasteiger partial charge in [-0.25, -0.2) is 4.39 Å². The van der Waals surface area contributed by atoms with Gasteiger partial charge in [0.15, 0.2) is 0 Å². The minimum absolute atomic E-state index is 0.121. The van der Waals surface area contributed by atoms with Crippen LogP contribution in [0.5, 0.6) is 0 Å². The van der Waals surface area contributed by atoms with Gasteiger partial charge in [0.25, 0.3) is 0 Å². The Kier molecular flexibility index (Phi) is 3.70. The SMILES string of the molecule is Cc1[nH]c2ccc(F)cc2c1CC(=O)N(C)C1CCCC1. The number of amides is 1. The Morgan fingerprint density at radius 3 is 2.81 bits per heavy atom. The number of H-pyrrole nitrogens is 1. The van der Waals surface area contributed by atoms with Crippen molar-refractivity contribution in [2.45, 2.75) is 45.1 Å². The first-order valence-corrected chi connectivity index (χ1v) is 7.58. The number of hydrogen-bond acceptors (Lipinski definition) is 1. The number of nitrogens with one attached hydrogen (secondary N) is 1. The predicted molar refractivity (Wildman–Crippen MR) is 81.7 cm³/mol. The Hall–Kier alpha value is -1.84. The van der Waals surface area contributed by atoms with Crippen LogP contribution in [0.25, 0.3) is 10.9 Å². The van der Waals surface area contributed by atoms with E-state index in [2.05, 4.69) is 4.98 Å². The summed E-state index contributed by atoms with van der Waals surface area (Å²) < 4.78 is 13.5. The second kappa shape index (κ2) is 5.51. The van der Waals surface area contributed by atoms with Crippen molar-refractivity contribution in [1.29, 1.82) is 0 Å². The van der Waals surface area contributed by atoms with E-state index in [-0.39, 0.29) is 11.7 Å². The van der Waals surface area contributed by atoms with Crippen LogP contribution in [0, 0.1) is 12.7 Å². The molecule has 1 fully saturated rings. The van der Waals surface area contributed by atoms with Gasteiger partial charge in [-0.2, -0.15) is 0 Å². The summed E-state index contributed by atoms with van der Waals surface area (Å²) in [5.74, 6) is -0.144. The standard InChI is InChI=1S/C17H21FN2O/c1-11-14(15-9-12(18)7-8-16(15)19-11)10-17(21)20(2)13-5-3-4-6-13/h7-9,13,19H,3-6,10H2,1-2H3. The molecule has 1 amide bonds. The number of carbonyl (C=O) groups excluding carboxylic acids is 1. The van der Waals surface area contributed by atoms with E-state index < -0.39 is 0 Å². The van der Waals surface area contributed by atoms with Gasteiger partial charge in [0.1, 0.15) is 5.82 Å². The van der Waals surface area contributed by atoms with E-state index in [0.717, 1.165) is 35.0 Å². The summed E-state index contributed by atoms with van der Waals surface area (Å²) in [6, 6.07) is 5.05. The molecule has 0 atom stereocenters. The molecular formula is C17H21FN2O. The van der Waals surface area contributed by atoms with Crippen molar-refractivity contribution < 1.29 is 9.18 Å². The van der Waals surface area contributed by atoms with E-state index in [1.54, 1.807) is 6.07 Å². The van der Waals surface area contributed by atoms with Crippen LogP contribution in [-0.2, 0) is 11.2 Å². The topological polar surface area (TPSA) is 36.1 Å². The lowest BCUT2D eigenvalue weighted by Gasteiger charge is -2.24. The Balaban J connectivity index is 1.85. The monoisotopic (exact) mass is 288 g/mol. The van der Waals surface area contributed by atoms with Gasteiger partial charge in [-0.1, -0.05) is 12.8 Å². The van der Waals surface area contributed by atoms with Crippen molar-refractivity contribution in [2.75, 3.05) is 7.05 Å². The highest BCUT2D eigenvalue weighted by atomic mass is 19.1. The molecule has 3 rings (SSSR count). The van der Waals surface area contributed by atoms with Crippen LogP contribution in [0.3, 0.4) is 0 Å². The highest BCUT2D eigenvalue weighted by molar-refractivity contribution is 5.90. The van der Waals surface area contributed by atoms with Gasteiger partial charge in [-0.05, 0) is 43.5 Å². The average Bonchev–Trinajstić information content (AvgIpc) is 3.08. The molecule has 0 aliphatic heterocycles. The predicted octanol–water partition coefficient (Wildman–Crippen LogP) is 3.56. The molecule has 1 N–H and O–H groups in total. The molecule has 4 heteroatoms. The van der Waals surface area contributed by atoms with E-state index >= 15 is 0 Å². The van der Waals surface area contributed by atoms with Crippen LogP contribution < -0.4 is 0 Å². The summed E-state index contributed by atoms with van der Waals surface area (Å²) >= 11 is 0. The highest BCUT2D eigenvalue weighted by Crippen LogP contribution is 2.26. The lowest BCUT2D eigenvalue weighted by molar-refractivity contribution is -0.131. The number of aryl methyl sites for hydroxylation is 1. The second-order valence-corrected chi connectivity index (χ2v) is 6.04. The van der Waals surface area contributed by atoms with E-state index in [4.69, 9.17) is 0 Å². The van der Waals surface area contributed by atoms with Crippen LogP contribution in [0.1, 0.15) is 36.9 Å². The molecule has 0 bridgehead atoms. The fourth-order valence-electron chi connectivity index (χ4n) is 3.35. The van der Waals surface area contributed by atoms with E-state index in [1.165, 1.54) is 25.0 Å². The number of nitrogens with zero attached hydrogens (tertiary/aromatic N) is 1. The minimum atomic E-state index is -0.264. The molecular weight excluding hydrogens is 267 g/mol. The lowest BCUT2D eigenvalue weighted by atomic mass is 10.1. The summed E-state index contributed by atoms with van der Waals surface area (Å²) in [4.78, 5) is 17.6. The number of benzene rings is 1. The molecule has 3 nitrogen and oxygen atoms in total. The molecule has 0 saturated heterocycles. The molecule has 1 saturated carbocycles. The van der Waals surface area contributed by atoms with Crippen molar-refractivity contribution >= 4 is 16.8 Å². The van der Waals surface area contributed by atoms with Crippen LogP contribution in [0.4, 0.5) is 4.39 Å². The summed E-state index contributed by atoms with van der Waals surface area (Å²) in [5.41, 5.74) is 2.75. The largest absolute Gasteiger partial charge is 0.358 e. The highest BCUT2D eigenvalue weighted by Gasteiger charge is 2.24. The van der Waals surface area contributed by atoms with Gasteiger partial charge in [-0.3, -0.25) is 4.79 Å². The average molecular weight is 288 g/mol. The zero-order chi connectivity index (χ0) is 15.0. The summed E-state index contributed by atoms with van der Waals surface area (Å²) in [5, 5.41) is 0.820. The Bertz CT molecular complexity index is 671. The zero-order valence-corrected chi connectivity index (χ0v) is 12.6. The number of carbonyl (C=O) groups is 1. The molecule has 0 unspecified atom stereocenters. The number of rotatable bonds is 3. The molecule has 0 radical (unpaired) electrons. The van der Waals surface area contributed by atoms with Crippen LogP contribution in [0.15, 0.2) is 18.2 Å². The first-order valence-electron chi connectivity index (χ1n) is 7.58. The minimum Gasteiger partial charge on any atom is -0.358 e. The number of hydrogen-bond donors (Lipinski definition) is 1. The third-order valence-electron chi connectivity index (χ3n) is 4.68. The van der Waals surface area contributed by atoms with Crippen molar-refractivity contribution in [1.82, 2.24) is 9.88 Å². The van der Waals surface area contributed by atoms with Crippen molar-refractivity contribution in [3.05, 3.63) is 35.3 Å². The van der Waals surface area contributed by atoms with E-state index in [0.29, 0.717) is 12.5 Å². The molecule has 1 aliphatic rings. The Morgan fingerprint density at radius 1 is 1.38 bits per heavy atom.